The Morgan fingerprint density at radius 2 is 1.82 bits per heavy atom. The largest absolute Gasteiger partial charge is 0.462 e. The first-order chi connectivity index (χ1) is 9.51. The van der Waals surface area contributed by atoms with Crippen LogP contribution in [0.1, 0.15) is 24.1 Å². The lowest BCUT2D eigenvalue weighted by molar-refractivity contribution is -0.174. The Morgan fingerprint density at radius 1 is 1.27 bits per heavy atom. The number of ether oxygens (including phenoxy) is 1. The highest BCUT2D eigenvalue weighted by atomic mass is 35.5. The first kappa shape index (κ1) is 20.5. The van der Waals surface area contributed by atoms with Crippen molar-refractivity contribution in [2.75, 3.05) is 6.61 Å². The molecule has 0 aliphatic carbocycles. The zero-order valence-corrected chi connectivity index (χ0v) is 11.9. The van der Waals surface area contributed by atoms with E-state index in [0.29, 0.717) is 6.07 Å². The Kier molecular flexibility index (Phi) is 6.70. The maximum absolute atomic E-state index is 13.6. The number of carbonyl (C=O) groups is 1. The minimum absolute atomic E-state index is 0. The molecule has 0 heterocycles. The van der Waals surface area contributed by atoms with Crippen molar-refractivity contribution in [3.63, 3.8) is 0 Å². The van der Waals surface area contributed by atoms with Crippen LogP contribution in [0.5, 0.6) is 0 Å². The van der Waals surface area contributed by atoms with Gasteiger partial charge in [-0.25, -0.2) is 9.18 Å². The number of rotatable bonds is 4. The molecule has 10 heteroatoms. The van der Waals surface area contributed by atoms with Gasteiger partial charge in [-0.15, -0.1) is 12.4 Å². The van der Waals surface area contributed by atoms with E-state index in [1.54, 1.807) is 0 Å². The van der Waals surface area contributed by atoms with Gasteiger partial charge < -0.3 is 10.5 Å². The van der Waals surface area contributed by atoms with Crippen molar-refractivity contribution < 1.29 is 35.9 Å². The first-order valence-corrected chi connectivity index (χ1v) is 5.69. The van der Waals surface area contributed by atoms with Crippen molar-refractivity contribution in [1.82, 2.24) is 0 Å². The van der Waals surface area contributed by atoms with Crippen LogP contribution in [0.4, 0.5) is 26.3 Å². The van der Waals surface area contributed by atoms with E-state index in [2.05, 4.69) is 4.74 Å². The Bertz CT molecular complexity index is 535. The summed E-state index contributed by atoms with van der Waals surface area (Å²) in [5.41, 5.74) is 2.87. The molecule has 0 radical (unpaired) electrons. The van der Waals surface area contributed by atoms with Crippen LogP contribution in [0.15, 0.2) is 18.2 Å². The summed E-state index contributed by atoms with van der Waals surface area (Å²) in [5, 5.41) is 0. The summed E-state index contributed by atoms with van der Waals surface area (Å²) in [5.74, 6) is -7.88. The van der Waals surface area contributed by atoms with E-state index in [9.17, 15) is 31.1 Å². The minimum Gasteiger partial charge on any atom is -0.462 e. The predicted molar refractivity (Wildman–Crippen MR) is 67.2 cm³/mol. The summed E-state index contributed by atoms with van der Waals surface area (Å²) in [7, 11) is 0. The van der Waals surface area contributed by atoms with Crippen LogP contribution in [-0.4, -0.2) is 18.5 Å². The fourth-order valence-corrected chi connectivity index (χ4v) is 1.52. The van der Waals surface area contributed by atoms with Crippen molar-refractivity contribution in [1.29, 1.82) is 0 Å². The Morgan fingerprint density at radius 3 is 2.23 bits per heavy atom. The van der Waals surface area contributed by atoms with Gasteiger partial charge in [-0.05, 0) is 24.6 Å². The number of benzene rings is 1. The van der Waals surface area contributed by atoms with Crippen LogP contribution >= 0.6 is 12.4 Å². The summed E-state index contributed by atoms with van der Waals surface area (Å²) in [6, 6.07) is -1.23. The number of esters is 1. The quantitative estimate of drug-likeness (QED) is 0.667. The molecule has 0 amide bonds. The van der Waals surface area contributed by atoms with Gasteiger partial charge in [-0.1, -0.05) is 6.07 Å². The molecule has 0 saturated heterocycles. The molecule has 1 aromatic rings. The molecule has 1 aromatic carbocycles. The van der Waals surface area contributed by atoms with E-state index in [1.165, 1.54) is 6.92 Å². The topological polar surface area (TPSA) is 52.3 Å². The predicted octanol–water partition coefficient (Wildman–Crippen LogP) is 3.46. The lowest BCUT2D eigenvalue weighted by atomic mass is 9.99. The molecule has 126 valence electrons. The number of carbonyl (C=O) groups excluding carboxylic acids is 1. The average molecular weight is 352 g/mol. The Hall–Kier alpha value is -1.48. The Labute approximate surface area is 127 Å². The van der Waals surface area contributed by atoms with Crippen molar-refractivity contribution in [3.8, 4) is 0 Å². The van der Waals surface area contributed by atoms with E-state index < -0.39 is 41.1 Å². The molecule has 0 bridgehead atoms. The van der Waals surface area contributed by atoms with E-state index in [0.717, 1.165) is 0 Å². The second-order valence-electron chi connectivity index (χ2n) is 4.06. The van der Waals surface area contributed by atoms with Crippen molar-refractivity contribution in [2.24, 2.45) is 5.73 Å². The summed E-state index contributed by atoms with van der Waals surface area (Å²) in [4.78, 5) is 11.1. The average Bonchev–Trinajstić information content (AvgIpc) is 2.36. The summed E-state index contributed by atoms with van der Waals surface area (Å²) >= 11 is 0. The normalized spacial score (nSPS) is 13.3. The molecule has 0 aromatic heterocycles. The highest BCUT2D eigenvalue weighted by molar-refractivity contribution is 5.85. The smallest absolute Gasteiger partial charge is 0.419 e. The van der Waals surface area contributed by atoms with Crippen LogP contribution in [0.2, 0.25) is 0 Å². The highest BCUT2D eigenvalue weighted by Gasteiger charge is 2.48. The number of hydrogen-bond acceptors (Lipinski definition) is 3. The zero-order chi connectivity index (χ0) is 16.4. The summed E-state index contributed by atoms with van der Waals surface area (Å²) in [6.07, 6.45) is -4.96. The zero-order valence-electron chi connectivity index (χ0n) is 11.1. The molecule has 22 heavy (non-hydrogen) atoms. The molecule has 0 fully saturated rings. The van der Waals surface area contributed by atoms with Gasteiger partial charge in [0.1, 0.15) is 11.9 Å². The van der Waals surface area contributed by atoms with Gasteiger partial charge in [0.15, 0.2) is 0 Å². The molecule has 1 rings (SSSR count). The second-order valence-corrected chi connectivity index (χ2v) is 4.06. The van der Waals surface area contributed by atoms with Gasteiger partial charge in [0.2, 0.25) is 0 Å². The minimum atomic E-state index is -4.96. The number of alkyl halides is 5. The molecular formula is C12H12ClF6NO2. The lowest BCUT2D eigenvalue weighted by Crippen LogP contribution is -2.41. The van der Waals surface area contributed by atoms with E-state index in [1.807, 2.05) is 0 Å². The number of halogens is 7. The van der Waals surface area contributed by atoms with E-state index in [-0.39, 0.29) is 31.1 Å². The second kappa shape index (κ2) is 7.19. The van der Waals surface area contributed by atoms with Gasteiger partial charge in [-0.2, -0.15) is 22.0 Å². The number of nitrogens with two attached hydrogens (primary N) is 1. The Balaban J connectivity index is 0.00000441. The third-order valence-electron chi connectivity index (χ3n) is 2.60. The number of hydrogen-bond donors (Lipinski definition) is 1. The fourth-order valence-electron chi connectivity index (χ4n) is 1.52. The first-order valence-electron chi connectivity index (χ1n) is 5.69. The fraction of sp³-hybridized carbons (Fsp3) is 0.417. The molecule has 0 aliphatic heterocycles. The molecule has 0 spiro atoms. The van der Waals surface area contributed by atoms with Crippen LogP contribution in [0, 0.1) is 5.82 Å². The lowest BCUT2D eigenvalue weighted by Gasteiger charge is -2.22. The molecule has 2 N–H and O–H groups in total. The van der Waals surface area contributed by atoms with Crippen LogP contribution in [0.25, 0.3) is 0 Å². The highest BCUT2D eigenvalue weighted by Crippen LogP contribution is 2.35. The molecule has 1 atom stereocenters. The summed E-state index contributed by atoms with van der Waals surface area (Å²) in [6.45, 7) is 0.958. The third kappa shape index (κ3) is 4.26. The van der Waals surface area contributed by atoms with E-state index >= 15 is 0 Å². The van der Waals surface area contributed by atoms with Gasteiger partial charge in [-0.3, -0.25) is 0 Å². The van der Waals surface area contributed by atoms with Gasteiger partial charge in [0.25, 0.3) is 0 Å². The molecule has 0 aliphatic rings. The van der Waals surface area contributed by atoms with Gasteiger partial charge in [0, 0.05) is 0 Å². The van der Waals surface area contributed by atoms with Crippen molar-refractivity contribution in [3.05, 3.63) is 35.1 Å². The SMILES string of the molecule is CCOC(=O)C(F)(F)[C@H](N)c1ccc(C(F)(F)F)c(F)c1.Cl. The van der Waals surface area contributed by atoms with Crippen LogP contribution in [0.3, 0.4) is 0 Å². The molecular weight excluding hydrogens is 340 g/mol. The maximum Gasteiger partial charge on any atom is 0.419 e. The van der Waals surface area contributed by atoms with Gasteiger partial charge in [0.05, 0.1) is 12.2 Å². The van der Waals surface area contributed by atoms with Crippen LogP contribution in [-0.2, 0) is 15.7 Å². The summed E-state index contributed by atoms with van der Waals surface area (Å²) < 4.78 is 81.7. The third-order valence-corrected chi connectivity index (χ3v) is 2.60. The van der Waals surface area contributed by atoms with Crippen molar-refractivity contribution >= 4 is 18.4 Å². The monoisotopic (exact) mass is 351 g/mol. The molecule has 0 unspecified atom stereocenters. The molecule has 3 nitrogen and oxygen atoms in total. The standard InChI is InChI=1S/C12H11F6NO2.ClH/c1-2-21-10(20)11(14,15)9(19)6-3-4-7(8(13)5-6)12(16,17)18;/h3-5,9H,2,19H2,1H3;1H/t9-;/m1./s1. The van der Waals surface area contributed by atoms with Crippen molar-refractivity contribution in [2.45, 2.75) is 25.1 Å². The molecule has 0 saturated carbocycles. The van der Waals surface area contributed by atoms with Crippen LogP contribution < -0.4 is 5.73 Å². The van der Waals surface area contributed by atoms with E-state index in [4.69, 9.17) is 5.73 Å². The maximum atomic E-state index is 13.6. The van der Waals surface area contributed by atoms with Gasteiger partial charge >= 0.3 is 18.1 Å².